The second-order valence-corrected chi connectivity index (χ2v) is 6.78. The quantitative estimate of drug-likeness (QED) is 0.854. The van der Waals surface area contributed by atoms with Crippen LogP contribution in [-0.2, 0) is 9.84 Å². The first-order valence-corrected chi connectivity index (χ1v) is 7.90. The van der Waals surface area contributed by atoms with Crippen LogP contribution in [0.3, 0.4) is 0 Å². The minimum absolute atomic E-state index is 0.0104. The molecule has 0 bridgehead atoms. The van der Waals surface area contributed by atoms with Crippen molar-refractivity contribution in [2.24, 2.45) is 0 Å². The van der Waals surface area contributed by atoms with Crippen LogP contribution >= 0.6 is 23.2 Å². The van der Waals surface area contributed by atoms with Gasteiger partial charge in [-0.05, 0) is 12.1 Å². The number of rotatable bonds is 3. The highest BCUT2D eigenvalue weighted by Crippen LogP contribution is 2.19. The molecule has 0 aromatic carbocycles. The van der Waals surface area contributed by atoms with Gasteiger partial charge in [0.05, 0.1) is 17.0 Å². The van der Waals surface area contributed by atoms with Crippen molar-refractivity contribution < 1.29 is 8.42 Å². The van der Waals surface area contributed by atoms with Crippen LogP contribution in [0.15, 0.2) is 34.2 Å². The van der Waals surface area contributed by atoms with Gasteiger partial charge in [0.15, 0.2) is 15.7 Å². The Balaban J connectivity index is 2.79. The number of sulfone groups is 1. The summed E-state index contributed by atoms with van der Waals surface area (Å²) in [6, 6.07) is 2.83. The van der Waals surface area contributed by atoms with Gasteiger partial charge in [-0.2, -0.15) is 9.78 Å². The number of hydrogen-bond donors (Lipinski definition) is 0. The van der Waals surface area contributed by atoms with E-state index in [4.69, 9.17) is 23.2 Å². The van der Waals surface area contributed by atoms with E-state index in [1.54, 1.807) is 0 Å². The lowest BCUT2D eigenvalue weighted by atomic mass is 10.4. The van der Waals surface area contributed by atoms with Gasteiger partial charge in [0.25, 0.3) is 5.56 Å². The maximum atomic E-state index is 12.0. The second kappa shape index (κ2) is 5.51. The van der Waals surface area contributed by atoms with Crippen molar-refractivity contribution in [1.29, 1.82) is 0 Å². The Bertz CT molecular complexity index is 818. The Morgan fingerprint density at radius 3 is 2.70 bits per heavy atom. The molecule has 0 atom stereocenters. The molecule has 0 radical (unpaired) electrons. The van der Waals surface area contributed by atoms with Crippen molar-refractivity contribution in [3.05, 3.63) is 44.9 Å². The van der Waals surface area contributed by atoms with E-state index in [0.29, 0.717) is 0 Å². The van der Waals surface area contributed by atoms with E-state index < -0.39 is 15.4 Å². The van der Waals surface area contributed by atoms with Crippen molar-refractivity contribution >= 4 is 33.0 Å². The molecule has 0 spiro atoms. The maximum Gasteiger partial charge on any atom is 0.293 e. The molecule has 9 heteroatoms. The van der Waals surface area contributed by atoms with E-state index >= 15 is 0 Å². The van der Waals surface area contributed by atoms with Crippen LogP contribution in [0.5, 0.6) is 0 Å². The molecule has 106 valence electrons. The van der Waals surface area contributed by atoms with Crippen LogP contribution in [0.2, 0.25) is 10.0 Å². The van der Waals surface area contributed by atoms with Gasteiger partial charge in [0, 0.05) is 6.20 Å². The highest BCUT2D eigenvalue weighted by Gasteiger charge is 2.21. The lowest BCUT2D eigenvalue weighted by molar-refractivity contribution is 0.594. The zero-order valence-corrected chi connectivity index (χ0v) is 12.6. The minimum Gasteiger partial charge on any atom is -0.266 e. The summed E-state index contributed by atoms with van der Waals surface area (Å²) < 4.78 is 24.8. The Morgan fingerprint density at radius 2 is 2.05 bits per heavy atom. The van der Waals surface area contributed by atoms with Crippen LogP contribution < -0.4 is 5.56 Å². The molecule has 2 aromatic rings. The molecule has 2 rings (SSSR count). The lowest BCUT2D eigenvalue weighted by Gasteiger charge is -2.09. The first-order chi connectivity index (χ1) is 9.38. The fraction of sp³-hybridized carbons (Fsp3) is 0.182. The molecular weight excluding hydrogens is 325 g/mol. The van der Waals surface area contributed by atoms with Gasteiger partial charge in [0.2, 0.25) is 0 Å². The summed E-state index contributed by atoms with van der Waals surface area (Å²) in [6.07, 6.45) is 2.52. The normalized spacial score (nSPS) is 11.6. The number of nitrogens with zero attached hydrogens (tertiary/aromatic N) is 3. The molecule has 0 saturated carbocycles. The Morgan fingerprint density at radius 1 is 1.35 bits per heavy atom. The molecule has 6 nitrogen and oxygen atoms in total. The van der Waals surface area contributed by atoms with Gasteiger partial charge in [-0.25, -0.2) is 13.4 Å². The van der Waals surface area contributed by atoms with Crippen molar-refractivity contribution in [3.63, 3.8) is 0 Å². The van der Waals surface area contributed by atoms with E-state index in [-0.39, 0.29) is 26.5 Å². The monoisotopic (exact) mass is 333 g/mol. The molecule has 20 heavy (non-hydrogen) atoms. The SMILES string of the molecule is CCS(=O)(=O)c1cccnc1-n1ncc(Cl)c(Cl)c1=O. The van der Waals surface area contributed by atoms with Gasteiger partial charge < -0.3 is 0 Å². The summed E-state index contributed by atoms with van der Waals surface area (Å²) in [4.78, 5) is 15.8. The summed E-state index contributed by atoms with van der Waals surface area (Å²) in [6.45, 7) is 1.50. The summed E-state index contributed by atoms with van der Waals surface area (Å²) in [5, 5.41) is 3.52. The van der Waals surface area contributed by atoms with Crippen LogP contribution in [0.1, 0.15) is 6.92 Å². The topological polar surface area (TPSA) is 81.9 Å². The molecule has 0 aliphatic rings. The van der Waals surface area contributed by atoms with Crippen molar-refractivity contribution in [1.82, 2.24) is 14.8 Å². The Hall–Kier alpha value is -1.44. The van der Waals surface area contributed by atoms with Gasteiger partial charge in [-0.1, -0.05) is 30.1 Å². The van der Waals surface area contributed by atoms with E-state index in [1.807, 2.05) is 0 Å². The van der Waals surface area contributed by atoms with Crippen LogP contribution in [0.25, 0.3) is 5.82 Å². The molecule has 0 unspecified atom stereocenters. The Labute approximate surface area is 124 Å². The van der Waals surface area contributed by atoms with Gasteiger partial charge in [-0.15, -0.1) is 0 Å². The highest BCUT2D eigenvalue weighted by molar-refractivity contribution is 7.91. The summed E-state index contributed by atoms with van der Waals surface area (Å²) in [5.74, 6) is -0.222. The Kier molecular flexibility index (Phi) is 4.12. The molecule has 2 heterocycles. The van der Waals surface area contributed by atoms with Gasteiger partial charge >= 0.3 is 0 Å². The van der Waals surface area contributed by atoms with Crippen LogP contribution in [0, 0.1) is 0 Å². The van der Waals surface area contributed by atoms with Gasteiger partial charge in [0.1, 0.15) is 9.92 Å². The van der Waals surface area contributed by atoms with E-state index in [1.165, 1.54) is 25.3 Å². The highest BCUT2D eigenvalue weighted by atomic mass is 35.5. The van der Waals surface area contributed by atoms with E-state index in [2.05, 4.69) is 10.1 Å². The second-order valence-electron chi connectivity index (χ2n) is 3.75. The summed E-state index contributed by atoms with van der Waals surface area (Å²) in [5.41, 5.74) is -0.731. The maximum absolute atomic E-state index is 12.0. The minimum atomic E-state index is -3.56. The third-order valence-electron chi connectivity index (χ3n) is 2.54. The summed E-state index contributed by atoms with van der Waals surface area (Å²) >= 11 is 11.4. The fourth-order valence-electron chi connectivity index (χ4n) is 1.50. The zero-order chi connectivity index (χ0) is 14.9. The third kappa shape index (κ3) is 2.56. The average Bonchev–Trinajstić information content (AvgIpc) is 2.45. The van der Waals surface area contributed by atoms with Gasteiger partial charge in [-0.3, -0.25) is 4.79 Å². The van der Waals surface area contributed by atoms with E-state index in [0.717, 1.165) is 10.9 Å². The van der Waals surface area contributed by atoms with Crippen LogP contribution in [-0.4, -0.2) is 28.9 Å². The van der Waals surface area contributed by atoms with Crippen molar-refractivity contribution in [2.45, 2.75) is 11.8 Å². The predicted octanol–water partition coefficient (Wildman–Crippen LogP) is 1.73. The van der Waals surface area contributed by atoms with Crippen molar-refractivity contribution in [3.8, 4) is 5.82 Å². The molecule has 0 aliphatic carbocycles. The first-order valence-electron chi connectivity index (χ1n) is 5.50. The van der Waals surface area contributed by atoms with Crippen LogP contribution in [0.4, 0.5) is 0 Å². The molecule has 0 N–H and O–H groups in total. The number of halogens is 2. The molecule has 0 fully saturated rings. The predicted molar refractivity (Wildman–Crippen MR) is 75.4 cm³/mol. The smallest absolute Gasteiger partial charge is 0.266 e. The standard InChI is InChI=1S/C11H9Cl2N3O3S/c1-2-20(18,19)8-4-3-5-14-10(8)16-11(17)9(13)7(12)6-15-16/h3-6H,2H2,1H3. The molecule has 2 aromatic heterocycles. The zero-order valence-electron chi connectivity index (χ0n) is 10.2. The van der Waals surface area contributed by atoms with E-state index in [9.17, 15) is 13.2 Å². The molecule has 0 saturated heterocycles. The number of hydrogen-bond acceptors (Lipinski definition) is 5. The average molecular weight is 334 g/mol. The number of aromatic nitrogens is 3. The summed E-state index contributed by atoms with van der Waals surface area (Å²) in [7, 11) is -3.56. The largest absolute Gasteiger partial charge is 0.293 e. The first kappa shape index (κ1) is 15.0. The molecular formula is C11H9Cl2N3O3S. The van der Waals surface area contributed by atoms with Crippen molar-refractivity contribution in [2.75, 3.05) is 5.75 Å². The molecule has 0 amide bonds. The fourth-order valence-corrected chi connectivity index (χ4v) is 2.77. The number of pyridine rings is 1. The lowest BCUT2D eigenvalue weighted by Crippen LogP contribution is -2.24. The molecule has 0 aliphatic heterocycles. The third-order valence-corrected chi connectivity index (χ3v) is 5.04.